The number of benzene rings is 3. The van der Waals surface area contributed by atoms with Crippen molar-refractivity contribution in [2.75, 3.05) is 10.6 Å². The molecule has 3 aromatic carbocycles. The van der Waals surface area contributed by atoms with Crippen molar-refractivity contribution in [1.29, 1.82) is 0 Å². The van der Waals surface area contributed by atoms with Crippen LogP contribution >= 0.6 is 11.6 Å². The van der Waals surface area contributed by atoms with Crippen molar-refractivity contribution >= 4 is 45.8 Å². The predicted octanol–water partition coefficient (Wildman–Crippen LogP) is 4.59. The molecular formula is C25H21ClN4O4. The highest BCUT2D eigenvalue weighted by Crippen LogP contribution is 2.33. The zero-order valence-corrected chi connectivity index (χ0v) is 18.6. The zero-order valence-electron chi connectivity index (χ0n) is 17.8. The van der Waals surface area contributed by atoms with Gasteiger partial charge in [0.1, 0.15) is 23.1 Å². The van der Waals surface area contributed by atoms with Gasteiger partial charge < -0.3 is 20.2 Å². The summed E-state index contributed by atoms with van der Waals surface area (Å²) in [7, 11) is 0. The third-order valence-corrected chi connectivity index (χ3v) is 5.94. The highest BCUT2D eigenvalue weighted by atomic mass is 35.5. The number of carbonyl (C=O) groups excluding carboxylic acids is 2. The molecule has 0 spiro atoms. The van der Waals surface area contributed by atoms with Gasteiger partial charge in [0, 0.05) is 21.7 Å². The number of anilines is 2. The van der Waals surface area contributed by atoms with E-state index < -0.39 is 11.9 Å². The Balaban J connectivity index is 1.38. The molecular weight excluding hydrogens is 456 g/mol. The lowest BCUT2D eigenvalue weighted by atomic mass is 10.0. The van der Waals surface area contributed by atoms with Crippen LogP contribution in [0.4, 0.5) is 11.4 Å². The van der Waals surface area contributed by atoms with Gasteiger partial charge in [-0.15, -0.1) is 0 Å². The lowest BCUT2D eigenvalue weighted by Gasteiger charge is -2.12. The van der Waals surface area contributed by atoms with Crippen molar-refractivity contribution in [3.8, 4) is 5.75 Å². The molecule has 2 unspecified atom stereocenters. The van der Waals surface area contributed by atoms with E-state index in [2.05, 4.69) is 21.5 Å². The Morgan fingerprint density at radius 1 is 0.941 bits per heavy atom. The average molecular weight is 477 g/mol. The van der Waals surface area contributed by atoms with Gasteiger partial charge in [0.2, 0.25) is 11.7 Å². The van der Waals surface area contributed by atoms with E-state index in [9.17, 15) is 14.7 Å². The molecule has 2 atom stereocenters. The number of fused-ring (bicyclic) bond motifs is 1. The predicted molar refractivity (Wildman–Crippen MR) is 130 cm³/mol. The van der Waals surface area contributed by atoms with Gasteiger partial charge in [0.05, 0.1) is 6.04 Å². The molecule has 2 heterocycles. The van der Waals surface area contributed by atoms with Crippen LogP contribution in [-0.4, -0.2) is 23.0 Å². The maximum Gasteiger partial charge on any atom is 0.293 e. The summed E-state index contributed by atoms with van der Waals surface area (Å²) in [6, 6.07) is 19.9. The Bertz CT molecular complexity index is 1370. The summed E-state index contributed by atoms with van der Waals surface area (Å²) in [5, 5.41) is 16.9. The fraction of sp³-hybridized carbons (Fsp3) is 0.120. The van der Waals surface area contributed by atoms with Crippen LogP contribution in [0.2, 0.25) is 5.02 Å². The monoisotopic (exact) mass is 476 g/mol. The number of hydrogen-bond donors (Lipinski definition) is 5. The number of amides is 2. The van der Waals surface area contributed by atoms with E-state index in [1.54, 1.807) is 66.7 Å². The van der Waals surface area contributed by atoms with Crippen LogP contribution in [0.3, 0.4) is 0 Å². The second kappa shape index (κ2) is 9.18. The number of hydrazine groups is 1. The Kier molecular flexibility index (Phi) is 5.93. The van der Waals surface area contributed by atoms with Crippen LogP contribution in [0.25, 0.3) is 11.0 Å². The Morgan fingerprint density at radius 3 is 2.47 bits per heavy atom. The lowest BCUT2D eigenvalue weighted by Crippen LogP contribution is -2.39. The lowest BCUT2D eigenvalue weighted by molar-refractivity contribution is -0.117. The average Bonchev–Trinajstić information content (AvgIpc) is 3.47. The number of nitrogens with one attached hydrogen (secondary N) is 4. The normalized spacial score (nSPS) is 17.6. The summed E-state index contributed by atoms with van der Waals surface area (Å²) < 4.78 is 5.80. The van der Waals surface area contributed by atoms with E-state index >= 15 is 0 Å². The Hall–Kier alpha value is -3.85. The summed E-state index contributed by atoms with van der Waals surface area (Å²) in [5.74, 6) is -0.687. The standard InChI is InChI=1S/C25H21ClN4O4/c26-14-9-11-15(12-10-14)27-25(33)23-22(17-6-2-4-8-21(17)34-23)28-24(32)19-13-18(29-30-19)16-5-1-3-7-20(16)31/h1-12,18-19,29-31H,13H2,(H,27,33)(H,28,32). The number of phenols is 1. The second-order valence-electron chi connectivity index (χ2n) is 7.94. The Morgan fingerprint density at radius 2 is 1.68 bits per heavy atom. The van der Waals surface area contributed by atoms with Gasteiger partial charge in [0.15, 0.2) is 0 Å². The molecule has 1 saturated heterocycles. The molecule has 172 valence electrons. The molecule has 4 aromatic rings. The quantitative estimate of drug-likeness (QED) is 0.288. The van der Waals surface area contributed by atoms with Crippen molar-refractivity contribution in [3.05, 3.63) is 89.1 Å². The zero-order chi connectivity index (χ0) is 23.7. The van der Waals surface area contributed by atoms with Gasteiger partial charge in [-0.05, 0) is 48.9 Å². The van der Waals surface area contributed by atoms with Gasteiger partial charge in [-0.25, -0.2) is 10.9 Å². The van der Waals surface area contributed by atoms with Gasteiger partial charge in [-0.1, -0.05) is 41.9 Å². The minimum Gasteiger partial charge on any atom is -0.508 e. The SMILES string of the molecule is O=C(Nc1ccc(Cl)cc1)c1oc2ccccc2c1NC(=O)C1CC(c2ccccc2O)NN1. The molecule has 1 aliphatic rings. The maximum atomic E-state index is 13.1. The number of halogens is 1. The van der Waals surface area contributed by atoms with Crippen LogP contribution in [0.5, 0.6) is 5.75 Å². The van der Waals surface area contributed by atoms with Gasteiger partial charge in [-0.2, -0.15) is 0 Å². The highest BCUT2D eigenvalue weighted by molar-refractivity contribution is 6.30. The van der Waals surface area contributed by atoms with E-state index in [-0.39, 0.29) is 23.5 Å². The van der Waals surface area contributed by atoms with E-state index in [0.29, 0.717) is 39.4 Å². The third-order valence-electron chi connectivity index (χ3n) is 5.68. The molecule has 34 heavy (non-hydrogen) atoms. The molecule has 1 aliphatic heterocycles. The van der Waals surface area contributed by atoms with Crippen LogP contribution in [0, 0.1) is 0 Å². The second-order valence-corrected chi connectivity index (χ2v) is 8.38. The Labute approximate surface area is 199 Å². The van der Waals surface area contributed by atoms with Crippen molar-refractivity contribution in [3.63, 3.8) is 0 Å². The molecule has 0 bridgehead atoms. The molecule has 0 aliphatic carbocycles. The maximum absolute atomic E-state index is 13.1. The number of furan rings is 1. The first-order chi connectivity index (χ1) is 16.5. The number of phenolic OH excluding ortho intramolecular Hbond substituents is 1. The largest absolute Gasteiger partial charge is 0.508 e. The summed E-state index contributed by atoms with van der Waals surface area (Å²) >= 11 is 5.92. The van der Waals surface area contributed by atoms with Crippen molar-refractivity contribution in [2.24, 2.45) is 0 Å². The topological polar surface area (TPSA) is 116 Å². The molecule has 0 saturated carbocycles. The first kappa shape index (κ1) is 22.0. The van der Waals surface area contributed by atoms with Crippen LogP contribution in [-0.2, 0) is 4.79 Å². The van der Waals surface area contributed by atoms with Gasteiger partial charge in [0.25, 0.3) is 5.91 Å². The highest BCUT2D eigenvalue weighted by Gasteiger charge is 2.33. The molecule has 5 N–H and O–H groups in total. The van der Waals surface area contributed by atoms with Crippen molar-refractivity contribution < 1.29 is 19.1 Å². The summed E-state index contributed by atoms with van der Waals surface area (Å²) in [4.78, 5) is 26.1. The molecule has 0 radical (unpaired) electrons. The first-order valence-corrected chi connectivity index (χ1v) is 11.1. The number of rotatable bonds is 5. The molecule has 5 rings (SSSR count). The van der Waals surface area contributed by atoms with Crippen LogP contribution in [0.1, 0.15) is 28.6 Å². The number of aromatic hydroxyl groups is 1. The minimum absolute atomic E-state index is 0.00675. The van der Waals surface area contributed by atoms with E-state index in [4.69, 9.17) is 16.0 Å². The minimum atomic E-state index is -0.592. The number of para-hydroxylation sites is 2. The van der Waals surface area contributed by atoms with Gasteiger partial charge in [-0.3, -0.25) is 9.59 Å². The van der Waals surface area contributed by atoms with Crippen LogP contribution < -0.4 is 21.5 Å². The molecule has 8 nitrogen and oxygen atoms in total. The molecule has 9 heteroatoms. The number of hydrogen-bond acceptors (Lipinski definition) is 6. The van der Waals surface area contributed by atoms with E-state index in [1.165, 1.54) is 0 Å². The first-order valence-electron chi connectivity index (χ1n) is 10.7. The smallest absolute Gasteiger partial charge is 0.293 e. The summed E-state index contributed by atoms with van der Waals surface area (Å²) in [6.45, 7) is 0. The fourth-order valence-corrected chi connectivity index (χ4v) is 4.10. The molecule has 1 fully saturated rings. The van der Waals surface area contributed by atoms with Crippen molar-refractivity contribution in [2.45, 2.75) is 18.5 Å². The summed E-state index contributed by atoms with van der Waals surface area (Å²) in [5.41, 5.74) is 8.03. The molecule has 1 aromatic heterocycles. The van der Waals surface area contributed by atoms with Gasteiger partial charge >= 0.3 is 0 Å². The fourth-order valence-electron chi connectivity index (χ4n) is 3.98. The number of carbonyl (C=O) groups is 2. The van der Waals surface area contributed by atoms with E-state index in [1.807, 2.05) is 6.07 Å². The summed E-state index contributed by atoms with van der Waals surface area (Å²) in [6.07, 6.45) is 0.408. The molecule has 2 amide bonds. The van der Waals surface area contributed by atoms with E-state index in [0.717, 1.165) is 0 Å². The van der Waals surface area contributed by atoms with Crippen molar-refractivity contribution in [1.82, 2.24) is 10.9 Å². The van der Waals surface area contributed by atoms with Crippen LogP contribution in [0.15, 0.2) is 77.2 Å². The third kappa shape index (κ3) is 4.34.